The summed E-state index contributed by atoms with van der Waals surface area (Å²) in [4.78, 5) is 11.7. The summed E-state index contributed by atoms with van der Waals surface area (Å²) in [6.07, 6.45) is 0.0742. The highest BCUT2D eigenvalue weighted by Gasteiger charge is 2.12. The lowest BCUT2D eigenvalue weighted by Gasteiger charge is -2.13. The van der Waals surface area contributed by atoms with Crippen molar-refractivity contribution >= 4 is 5.97 Å². The van der Waals surface area contributed by atoms with Gasteiger partial charge in [0.05, 0.1) is 18.1 Å². The Kier molecular flexibility index (Phi) is 6.16. The van der Waals surface area contributed by atoms with Gasteiger partial charge in [0.25, 0.3) is 0 Å². The van der Waals surface area contributed by atoms with Crippen molar-refractivity contribution in [1.29, 1.82) is 5.26 Å². The molecule has 0 saturated carbocycles. The van der Waals surface area contributed by atoms with Gasteiger partial charge in [0.1, 0.15) is 19.0 Å². The van der Waals surface area contributed by atoms with Crippen molar-refractivity contribution in [3.05, 3.63) is 65.7 Å². The molecule has 0 heterocycles. The van der Waals surface area contributed by atoms with E-state index < -0.39 is 6.04 Å². The number of nitriles is 1. The van der Waals surface area contributed by atoms with Gasteiger partial charge in [-0.3, -0.25) is 4.79 Å². The van der Waals surface area contributed by atoms with Crippen molar-refractivity contribution < 1.29 is 14.3 Å². The van der Waals surface area contributed by atoms with Crippen LogP contribution >= 0.6 is 0 Å². The predicted octanol–water partition coefficient (Wildman–Crippen LogP) is 2.40. The highest BCUT2D eigenvalue weighted by atomic mass is 16.5. The Bertz CT molecular complexity index is 680. The van der Waals surface area contributed by atoms with E-state index in [0.29, 0.717) is 11.3 Å². The van der Waals surface area contributed by atoms with Crippen LogP contribution in [-0.4, -0.2) is 18.6 Å². The maximum absolute atomic E-state index is 11.7. The first kappa shape index (κ1) is 16.5. The fourth-order valence-corrected chi connectivity index (χ4v) is 1.93. The number of nitrogens with zero attached hydrogens (tertiary/aromatic N) is 1. The minimum atomic E-state index is -0.469. The highest BCUT2D eigenvalue weighted by molar-refractivity contribution is 5.70. The monoisotopic (exact) mass is 310 g/mol. The van der Waals surface area contributed by atoms with E-state index in [0.717, 1.165) is 5.56 Å². The van der Waals surface area contributed by atoms with E-state index >= 15 is 0 Å². The molecule has 5 heteroatoms. The van der Waals surface area contributed by atoms with Crippen LogP contribution in [0, 0.1) is 11.3 Å². The molecule has 118 valence electrons. The number of carbonyl (C=O) groups is 1. The van der Waals surface area contributed by atoms with E-state index in [1.807, 2.05) is 36.4 Å². The molecule has 0 fully saturated rings. The minimum absolute atomic E-state index is 0.0742. The van der Waals surface area contributed by atoms with Gasteiger partial charge in [0.2, 0.25) is 0 Å². The summed E-state index contributed by atoms with van der Waals surface area (Å²) in [6, 6.07) is 17.8. The zero-order chi connectivity index (χ0) is 16.5. The first-order chi connectivity index (χ1) is 11.2. The van der Waals surface area contributed by atoms with Crippen LogP contribution in [0.4, 0.5) is 0 Å². The molecule has 0 aliphatic heterocycles. The Balaban J connectivity index is 1.72. The second-order valence-electron chi connectivity index (χ2n) is 5.06. The van der Waals surface area contributed by atoms with Crippen molar-refractivity contribution in [2.75, 3.05) is 6.61 Å². The van der Waals surface area contributed by atoms with Crippen LogP contribution in [0.3, 0.4) is 0 Å². The topological polar surface area (TPSA) is 85.3 Å². The lowest BCUT2D eigenvalue weighted by Crippen LogP contribution is -2.31. The fraction of sp³-hybridized carbons (Fsp3) is 0.222. The molecule has 0 aliphatic carbocycles. The van der Waals surface area contributed by atoms with Gasteiger partial charge < -0.3 is 15.2 Å². The standard InChI is InChI=1S/C18H18N2O3/c19-11-15-7-4-8-17(9-15)22-13-16(20)10-18(21)23-12-14-5-2-1-3-6-14/h1-9,16H,10,12-13,20H2/t16-/m0/s1. The van der Waals surface area contributed by atoms with Crippen LogP contribution in [0.25, 0.3) is 0 Å². The molecular formula is C18H18N2O3. The van der Waals surface area contributed by atoms with E-state index in [2.05, 4.69) is 0 Å². The molecule has 0 aliphatic rings. The summed E-state index contributed by atoms with van der Waals surface area (Å²) >= 11 is 0. The van der Waals surface area contributed by atoms with E-state index in [-0.39, 0.29) is 25.6 Å². The van der Waals surface area contributed by atoms with Crippen LogP contribution in [-0.2, 0) is 16.1 Å². The molecule has 0 unspecified atom stereocenters. The molecule has 2 aromatic carbocycles. The molecular weight excluding hydrogens is 292 g/mol. The number of rotatable bonds is 7. The second kappa shape index (κ2) is 8.57. The molecule has 2 rings (SSSR count). The molecule has 0 amide bonds. The van der Waals surface area contributed by atoms with E-state index in [4.69, 9.17) is 20.5 Å². The van der Waals surface area contributed by atoms with Crippen LogP contribution in [0.2, 0.25) is 0 Å². The highest BCUT2D eigenvalue weighted by Crippen LogP contribution is 2.13. The lowest BCUT2D eigenvalue weighted by molar-refractivity contribution is -0.145. The van der Waals surface area contributed by atoms with Crippen molar-refractivity contribution in [2.45, 2.75) is 19.1 Å². The van der Waals surface area contributed by atoms with Crippen LogP contribution in [0.15, 0.2) is 54.6 Å². The van der Waals surface area contributed by atoms with Crippen molar-refractivity contribution in [1.82, 2.24) is 0 Å². The zero-order valence-electron chi connectivity index (χ0n) is 12.6. The average molecular weight is 310 g/mol. The summed E-state index contributed by atoms with van der Waals surface area (Å²) in [6.45, 7) is 0.410. The third-order valence-corrected chi connectivity index (χ3v) is 3.10. The molecule has 2 aromatic rings. The first-order valence-electron chi connectivity index (χ1n) is 7.25. The van der Waals surface area contributed by atoms with Gasteiger partial charge in [-0.15, -0.1) is 0 Å². The molecule has 0 saturated heterocycles. The summed E-state index contributed by atoms with van der Waals surface area (Å²) in [5.41, 5.74) is 7.31. The number of hydrogen-bond acceptors (Lipinski definition) is 5. The van der Waals surface area contributed by atoms with Gasteiger partial charge in [-0.25, -0.2) is 0 Å². The molecule has 0 radical (unpaired) electrons. The molecule has 2 N–H and O–H groups in total. The normalized spacial score (nSPS) is 11.3. The molecule has 5 nitrogen and oxygen atoms in total. The molecule has 0 spiro atoms. The summed E-state index contributed by atoms with van der Waals surface area (Å²) in [5, 5.41) is 8.82. The third kappa shape index (κ3) is 5.81. The largest absolute Gasteiger partial charge is 0.492 e. The summed E-state index contributed by atoms with van der Waals surface area (Å²) < 4.78 is 10.7. The van der Waals surface area contributed by atoms with Crippen LogP contribution in [0.1, 0.15) is 17.5 Å². The molecule has 0 aromatic heterocycles. The van der Waals surface area contributed by atoms with Crippen molar-refractivity contribution in [3.63, 3.8) is 0 Å². The van der Waals surface area contributed by atoms with Gasteiger partial charge >= 0.3 is 5.97 Å². The summed E-state index contributed by atoms with van der Waals surface area (Å²) in [7, 11) is 0. The van der Waals surface area contributed by atoms with E-state index in [9.17, 15) is 4.79 Å². The van der Waals surface area contributed by atoms with Crippen molar-refractivity contribution in [3.8, 4) is 11.8 Å². The summed E-state index contributed by atoms with van der Waals surface area (Å²) in [5.74, 6) is 0.188. The predicted molar refractivity (Wildman–Crippen MR) is 85.5 cm³/mol. The van der Waals surface area contributed by atoms with E-state index in [1.165, 1.54) is 0 Å². The number of nitrogens with two attached hydrogens (primary N) is 1. The van der Waals surface area contributed by atoms with Crippen molar-refractivity contribution in [2.24, 2.45) is 5.73 Å². The number of hydrogen-bond donors (Lipinski definition) is 1. The Morgan fingerprint density at radius 1 is 1.17 bits per heavy atom. The molecule has 1 atom stereocenters. The molecule has 0 bridgehead atoms. The molecule has 23 heavy (non-hydrogen) atoms. The Morgan fingerprint density at radius 2 is 1.96 bits per heavy atom. The smallest absolute Gasteiger partial charge is 0.307 e. The number of ether oxygens (including phenoxy) is 2. The van der Waals surface area contributed by atoms with Gasteiger partial charge in [-0.2, -0.15) is 5.26 Å². The minimum Gasteiger partial charge on any atom is -0.492 e. The number of esters is 1. The van der Waals surface area contributed by atoms with Gasteiger partial charge in [0, 0.05) is 6.04 Å². The SMILES string of the molecule is N#Cc1cccc(OC[C@@H](N)CC(=O)OCc2ccccc2)c1. The lowest BCUT2D eigenvalue weighted by atomic mass is 10.2. The fourth-order valence-electron chi connectivity index (χ4n) is 1.93. The Morgan fingerprint density at radius 3 is 2.70 bits per heavy atom. The van der Waals surface area contributed by atoms with Gasteiger partial charge in [0.15, 0.2) is 0 Å². The van der Waals surface area contributed by atoms with E-state index in [1.54, 1.807) is 24.3 Å². The van der Waals surface area contributed by atoms with Gasteiger partial charge in [-0.05, 0) is 23.8 Å². The second-order valence-corrected chi connectivity index (χ2v) is 5.06. The van der Waals surface area contributed by atoms with Gasteiger partial charge in [-0.1, -0.05) is 36.4 Å². The van der Waals surface area contributed by atoms with Crippen LogP contribution < -0.4 is 10.5 Å². The maximum atomic E-state index is 11.7. The average Bonchev–Trinajstić information content (AvgIpc) is 2.59. The number of carbonyl (C=O) groups excluding carboxylic acids is 1. The third-order valence-electron chi connectivity index (χ3n) is 3.10. The van der Waals surface area contributed by atoms with Crippen LogP contribution in [0.5, 0.6) is 5.75 Å². The Hall–Kier alpha value is -2.84. The Labute approximate surface area is 135 Å². The quantitative estimate of drug-likeness (QED) is 0.794. The zero-order valence-corrected chi connectivity index (χ0v) is 12.6. The maximum Gasteiger partial charge on any atom is 0.307 e. The number of benzene rings is 2. The first-order valence-corrected chi connectivity index (χ1v) is 7.25.